The van der Waals surface area contributed by atoms with E-state index in [4.69, 9.17) is 0 Å². The number of aromatic nitrogens is 1. The molecule has 104 valence electrons. The number of carbonyl (C=O) groups is 1. The van der Waals surface area contributed by atoms with Gasteiger partial charge in [-0.3, -0.25) is 9.69 Å². The van der Waals surface area contributed by atoms with Crippen LogP contribution in [-0.4, -0.2) is 34.0 Å². The maximum atomic E-state index is 11.5. The van der Waals surface area contributed by atoms with Crippen LogP contribution in [0.5, 0.6) is 0 Å². The largest absolute Gasteiger partial charge is 0.481 e. The standard InChI is InChI=1S/C14H20N2O2S/c1-2-3-4-14(13(17)18)5-8-16(9-6-14)11-12-15-7-10-19-12/h2,7,10H,1,3-6,8-9,11H2,(H,17,18). The van der Waals surface area contributed by atoms with E-state index in [2.05, 4.69) is 16.5 Å². The summed E-state index contributed by atoms with van der Waals surface area (Å²) in [6, 6.07) is 0. The first-order chi connectivity index (χ1) is 9.16. The van der Waals surface area contributed by atoms with Crippen molar-refractivity contribution in [2.45, 2.75) is 32.2 Å². The number of rotatable bonds is 6. The van der Waals surface area contributed by atoms with Gasteiger partial charge in [0, 0.05) is 11.6 Å². The third-order valence-corrected chi connectivity index (χ3v) is 4.70. The molecule has 0 bridgehead atoms. The van der Waals surface area contributed by atoms with Crippen molar-refractivity contribution in [3.8, 4) is 0 Å². The van der Waals surface area contributed by atoms with Gasteiger partial charge in [0.05, 0.1) is 12.0 Å². The molecule has 0 atom stereocenters. The number of hydrogen-bond donors (Lipinski definition) is 1. The van der Waals surface area contributed by atoms with Gasteiger partial charge in [0.15, 0.2) is 0 Å². The molecule has 1 saturated heterocycles. The number of carboxylic acids is 1. The van der Waals surface area contributed by atoms with Gasteiger partial charge in [-0.2, -0.15) is 0 Å². The van der Waals surface area contributed by atoms with Crippen LogP contribution in [0.25, 0.3) is 0 Å². The Hall–Kier alpha value is -1.20. The molecule has 1 N–H and O–H groups in total. The second-order valence-electron chi connectivity index (χ2n) is 5.11. The molecule has 1 aliphatic rings. The van der Waals surface area contributed by atoms with E-state index in [1.165, 1.54) is 0 Å². The second kappa shape index (κ2) is 6.30. The molecule has 0 saturated carbocycles. The lowest BCUT2D eigenvalue weighted by Crippen LogP contribution is -2.44. The maximum Gasteiger partial charge on any atom is 0.309 e. The molecule has 0 radical (unpaired) electrons. The third kappa shape index (κ3) is 3.42. The fraction of sp³-hybridized carbons (Fsp3) is 0.571. The lowest BCUT2D eigenvalue weighted by Gasteiger charge is -2.38. The molecule has 4 nitrogen and oxygen atoms in total. The van der Waals surface area contributed by atoms with E-state index in [1.807, 2.05) is 17.7 Å². The molecule has 0 aliphatic carbocycles. The molecule has 2 heterocycles. The van der Waals surface area contributed by atoms with E-state index in [-0.39, 0.29) is 0 Å². The lowest BCUT2D eigenvalue weighted by molar-refractivity contribution is -0.152. The van der Waals surface area contributed by atoms with Crippen molar-refractivity contribution in [2.24, 2.45) is 5.41 Å². The van der Waals surface area contributed by atoms with Crippen molar-refractivity contribution < 1.29 is 9.90 Å². The van der Waals surface area contributed by atoms with E-state index in [9.17, 15) is 9.90 Å². The zero-order valence-corrected chi connectivity index (χ0v) is 11.9. The zero-order valence-electron chi connectivity index (χ0n) is 11.0. The summed E-state index contributed by atoms with van der Waals surface area (Å²) in [4.78, 5) is 18.1. The number of aliphatic carboxylic acids is 1. The quantitative estimate of drug-likeness (QED) is 0.814. The first kappa shape index (κ1) is 14.2. The van der Waals surface area contributed by atoms with E-state index in [0.29, 0.717) is 6.42 Å². The molecule has 1 fully saturated rings. The average molecular weight is 280 g/mol. The summed E-state index contributed by atoms with van der Waals surface area (Å²) in [5.74, 6) is -0.650. The molecule has 5 heteroatoms. The highest BCUT2D eigenvalue weighted by Crippen LogP contribution is 2.37. The summed E-state index contributed by atoms with van der Waals surface area (Å²) in [6.07, 6.45) is 6.56. The Labute approximate surface area is 117 Å². The van der Waals surface area contributed by atoms with Crippen molar-refractivity contribution >= 4 is 17.3 Å². The van der Waals surface area contributed by atoms with E-state index >= 15 is 0 Å². The van der Waals surface area contributed by atoms with E-state index < -0.39 is 11.4 Å². The molecular formula is C14H20N2O2S. The summed E-state index contributed by atoms with van der Waals surface area (Å²) < 4.78 is 0. The van der Waals surface area contributed by atoms with Gasteiger partial charge in [-0.1, -0.05) is 6.08 Å². The van der Waals surface area contributed by atoms with Crippen molar-refractivity contribution in [3.05, 3.63) is 29.2 Å². The number of hydrogen-bond acceptors (Lipinski definition) is 4. The highest BCUT2D eigenvalue weighted by atomic mass is 32.1. The molecule has 1 aromatic heterocycles. The van der Waals surface area contributed by atoms with Gasteiger partial charge in [-0.05, 0) is 38.8 Å². The molecule has 0 amide bonds. The van der Waals surface area contributed by atoms with E-state index in [1.54, 1.807) is 11.3 Å². The topological polar surface area (TPSA) is 53.4 Å². The smallest absolute Gasteiger partial charge is 0.309 e. The molecule has 1 aliphatic heterocycles. The molecular weight excluding hydrogens is 260 g/mol. The summed E-state index contributed by atoms with van der Waals surface area (Å²) in [6.45, 7) is 6.20. The summed E-state index contributed by atoms with van der Waals surface area (Å²) in [5.41, 5.74) is -0.548. The van der Waals surface area contributed by atoms with Gasteiger partial charge >= 0.3 is 5.97 Å². The van der Waals surface area contributed by atoms with Crippen molar-refractivity contribution in [3.63, 3.8) is 0 Å². The minimum atomic E-state index is -0.650. The minimum Gasteiger partial charge on any atom is -0.481 e. The number of carboxylic acid groups (broad SMARTS) is 1. The van der Waals surface area contributed by atoms with Crippen LogP contribution in [0.1, 0.15) is 30.7 Å². The Bertz CT molecular complexity index is 423. The van der Waals surface area contributed by atoms with Crippen LogP contribution in [-0.2, 0) is 11.3 Å². The molecule has 0 aromatic carbocycles. The number of allylic oxidation sites excluding steroid dienone is 1. The van der Waals surface area contributed by atoms with Crippen LogP contribution in [0.15, 0.2) is 24.2 Å². The van der Waals surface area contributed by atoms with Crippen LogP contribution >= 0.6 is 11.3 Å². The van der Waals surface area contributed by atoms with Gasteiger partial charge in [0.2, 0.25) is 0 Å². The monoisotopic (exact) mass is 280 g/mol. The van der Waals surface area contributed by atoms with Crippen LogP contribution in [0.3, 0.4) is 0 Å². The Morgan fingerprint density at radius 1 is 1.58 bits per heavy atom. The molecule has 19 heavy (non-hydrogen) atoms. The Balaban J connectivity index is 1.91. The summed E-state index contributed by atoms with van der Waals surface area (Å²) in [7, 11) is 0. The second-order valence-corrected chi connectivity index (χ2v) is 6.09. The number of piperidine rings is 1. The van der Waals surface area contributed by atoms with Crippen molar-refractivity contribution in [1.82, 2.24) is 9.88 Å². The fourth-order valence-corrected chi connectivity index (χ4v) is 3.27. The van der Waals surface area contributed by atoms with Crippen LogP contribution in [0, 0.1) is 5.41 Å². The zero-order chi connectivity index (χ0) is 13.7. The highest BCUT2D eigenvalue weighted by molar-refractivity contribution is 7.09. The molecule has 1 aromatic rings. The summed E-state index contributed by atoms with van der Waals surface area (Å²) in [5, 5.41) is 12.6. The third-order valence-electron chi connectivity index (χ3n) is 3.94. The van der Waals surface area contributed by atoms with Crippen molar-refractivity contribution in [1.29, 1.82) is 0 Å². The Morgan fingerprint density at radius 2 is 2.32 bits per heavy atom. The predicted octanol–water partition coefficient (Wildman–Crippen LogP) is 2.78. The number of likely N-dealkylation sites (tertiary alicyclic amines) is 1. The van der Waals surface area contributed by atoms with Crippen molar-refractivity contribution in [2.75, 3.05) is 13.1 Å². The minimum absolute atomic E-state index is 0.548. The first-order valence-corrected chi connectivity index (χ1v) is 7.49. The normalized spacial score (nSPS) is 19.2. The lowest BCUT2D eigenvalue weighted by atomic mass is 9.75. The molecule has 0 spiro atoms. The van der Waals surface area contributed by atoms with Gasteiger partial charge in [-0.25, -0.2) is 4.98 Å². The number of nitrogens with zero attached hydrogens (tertiary/aromatic N) is 2. The first-order valence-electron chi connectivity index (χ1n) is 6.61. The Morgan fingerprint density at radius 3 is 2.84 bits per heavy atom. The molecule has 0 unspecified atom stereocenters. The fourth-order valence-electron chi connectivity index (χ4n) is 2.61. The van der Waals surface area contributed by atoms with Gasteiger partial charge < -0.3 is 5.11 Å². The summed E-state index contributed by atoms with van der Waals surface area (Å²) >= 11 is 1.65. The van der Waals surface area contributed by atoms with Gasteiger partial charge in [-0.15, -0.1) is 17.9 Å². The Kier molecular flexibility index (Phi) is 4.71. The van der Waals surface area contributed by atoms with E-state index in [0.717, 1.165) is 43.9 Å². The van der Waals surface area contributed by atoms with Gasteiger partial charge in [0.1, 0.15) is 5.01 Å². The maximum absolute atomic E-state index is 11.5. The predicted molar refractivity (Wildman–Crippen MR) is 76.1 cm³/mol. The average Bonchev–Trinajstić information content (AvgIpc) is 2.91. The molecule has 2 rings (SSSR count). The highest BCUT2D eigenvalue weighted by Gasteiger charge is 2.40. The van der Waals surface area contributed by atoms with Crippen LogP contribution in [0.4, 0.5) is 0 Å². The van der Waals surface area contributed by atoms with Crippen LogP contribution < -0.4 is 0 Å². The van der Waals surface area contributed by atoms with Crippen LogP contribution in [0.2, 0.25) is 0 Å². The number of thiazole rings is 1. The van der Waals surface area contributed by atoms with Gasteiger partial charge in [0.25, 0.3) is 0 Å². The SMILES string of the molecule is C=CCCC1(C(=O)O)CCN(Cc2nccs2)CC1.